The lowest BCUT2D eigenvalue weighted by Crippen LogP contribution is -2.57. The molecule has 0 spiro atoms. The van der Waals surface area contributed by atoms with Crippen LogP contribution in [0.15, 0.2) is 78.9 Å². The van der Waals surface area contributed by atoms with Gasteiger partial charge in [-0.05, 0) is 54.2 Å². The highest BCUT2D eigenvalue weighted by molar-refractivity contribution is 5.95. The number of aliphatic carboxylic acids is 1. The van der Waals surface area contributed by atoms with Gasteiger partial charge in [-0.1, -0.05) is 60.7 Å². The van der Waals surface area contributed by atoms with E-state index in [4.69, 9.17) is 5.73 Å². The van der Waals surface area contributed by atoms with Gasteiger partial charge in [-0.25, -0.2) is 4.79 Å². The van der Waals surface area contributed by atoms with Crippen molar-refractivity contribution < 1.29 is 42.6 Å². The topological polar surface area (TPSA) is 178 Å². The van der Waals surface area contributed by atoms with Crippen LogP contribution in [-0.2, 0) is 44.6 Å². The molecule has 1 aliphatic heterocycles. The summed E-state index contributed by atoms with van der Waals surface area (Å²) in [7, 11) is 0. The number of likely N-dealkylation sites (tertiary alicyclic amines) is 1. The quantitative estimate of drug-likeness (QED) is 0.133. The molecule has 3 amide bonds. The summed E-state index contributed by atoms with van der Waals surface area (Å²) in [5.41, 5.74) is 6.26. The summed E-state index contributed by atoms with van der Waals surface area (Å²) in [6.45, 7) is 0.190. The zero-order valence-electron chi connectivity index (χ0n) is 26.2. The molecule has 258 valence electrons. The smallest absolute Gasteiger partial charge is 0.431 e. The number of nitrogens with zero attached hydrogens (tertiary/aromatic N) is 1. The molecule has 4 atom stereocenters. The molecular formula is C35H36F3N5O6. The molecule has 0 unspecified atom stereocenters. The Hall–Kier alpha value is -5.37. The molecule has 5 rings (SSSR count). The number of carboxylic acid groups (broad SMARTS) is 1. The number of nitrogens with two attached hydrogens (primary N) is 1. The van der Waals surface area contributed by atoms with Gasteiger partial charge in [-0.15, -0.1) is 0 Å². The van der Waals surface area contributed by atoms with Crippen molar-refractivity contribution in [1.29, 1.82) is 0 Å². The van der Waals surface area contributed by atoms with Crippen LogP contribution in [0.25, 0.3) is 10.9 Å². The number of phenolic OH excluding ortho intramolecular Hbond substituents is 1. The summed E-state index contributed by atoms with van der Waals surface area (Å²) < 4.78 is 42.7. The van der Waals surface area contributed by atoms with Crippen LogP contribution < -0.4 is 16.4 Å². The lowest BCUT2D eigenvalue weighted by molar-refractivity contribution is -0.143. The molecule has 7 N–H and O–H groups in total. The van der Waals surface area contributed by atoms with Gasteiger partial charge in [0.25, 0.3) is 0 Å². The van der Waals surface area contributed by atoms with Crippen molar-refractivity contribution in [2.75, 3.05) is 6.54 Å². The SMILES string of the molecule is N[C@@H](Cc1ccc(O)cc1)C(=O)N1CCC[C@H]1C(=O)N[C@@H](Cc1c(C(F)(F)F)[nH]c2ccccc12)C(=O)N[C@@H](Cc1ccccc1)C(=O)O. The molecule has 2 heterocycles. The Labute approximate surface area is 279 Å². The van der Waals surface area contributed by atoms with Crippen LogP contribution in [0.1, 0.15) is 35.2 Å². The number of phenols is 1. The number of amides is 3. The maximum Gasteiger partial charge on any atom is 0.431 e. The van der Waals surface area contributed by atoms with Gasteiger partial charge in [0.05, 0.1) is 6.04 Å². The highest BCUT2D eigenvalue weighted by Gasteiger charge is 2.41. The lowest BCUT2D eigenvalue weighted by atomic mass is 9.99. The van der Waals surface area contributed by atoms with E-state index >= 15 is 0 Å². The van der Waals surface area contributed by atoms with Gasteiger partial charge < -0.3 is 36.5 Å². The Kier molecular flexibility index (Phi) is 10.6. The maximum absolute atomic E-state index is 14.2. The molecule has 1 saturated heterocycles. The number of H-pyrrole nitrogens is 1. The number of halogens is 3. The average Bonchev–Trinajstić information content (AvgIpc) is 3.71. The molecule has 0 aliphatic carbocycles. The van der Waals surface area contributed by atoms with Gasteiger partial charge in [-0.3, -0.25) is 14.4 Å². The second-order valence-electron chi connectivity index (χ2n) is 12.0. The van der Waals surface area contributed by atoms with Gasteiger partial charge in [-0.2, -0.15) is 13.2 Å². The Morgan fingerprint density at radius 1 is 0.878 bits per heavy atom. The Morgan fingerprint density at radius 2 is 1.53 bits per heavy atom. The van der Waals surface area contributed by atoms with E-state index < -0.39 is 66.1 Å². The Morgan fingerprint density at radius 3 is 2.20 bits per heavy atom. The molecule has 0 radical (unpaired) electrons. The first-order valence-corrected chi connectivity index (χ1v) is 15.7. The van der Waals surface area contributed by atoms with Crippen molar-refractivity contribution in [2.24, 2.45) is 5.73 Å². The minimum absolute atomic E-state index is 0.0447. The molecule has 49 heavy (non-hydrogen) atoms. The predicted molar refractivity (Wildman–Crippen MR) is 173 cm³/mol. The van der Waals surface area contributed by atoms with Gasteiger partial charge >= 0.3 is 12.1 Å². The molecular weight excluding hydrogens is 643 g/mol. The van der Waals surface area contributed by atoms with Crippen LogP contribution in [-0.4, -0.2) is 74.5 Å². The molecule has 0 bridgehead atoms. The summed E-state index contributed by atoms with van der Waals surface area (Å²) in [6.07, 6.45) is -4.81. The van der Waals surface area contributed by atoms with Crippen molar-refractivity contribution >= 4 is 34.6 Å². The van der Waals surface area contributed by atoms with Crippen LogP contribution in [0.5, 0.6) is 5.75 Å². The van der Waals surface area contributed by atoms with Crippen LogP contribution in [0.4, 0.5) is 13.2 Å². The summed E-state index contributed by atoms with van der Waals surface area (Å²) in [5.74, 6) is -3.65. The van der Waals surface area contributed by atoms with Crippen LogP contribution in [0.3, 0.4) is 0 Å². The zero-order valence-corrected chi connectivity index (χ0v) is 26.2. The van der Waals surface area contributed by atoms with E-state index in [1.54, 1.807) is 48.5 Å². The van der Waals surface area contributed by atoms with E-state index in [9.17, 15) is 42.6 Å². The number of benzene rings is 3. The van der Waals surface area contributed by atoms with E-state index in [-0.39, 0.29) is 48.0 Å². The van der Waals surface area contributed by atoms with E-state index in [1.165, 1.54) is 35.2 Å². The average molecular weight is 680 g/mol. The minimum atomic E-state index is -4.83. The van der Waals surface area contributed by atoms with E-state index in [1.807, 2.05) is 0 Å². The number of alkyl halides is 3. The molecule has 14 heteroatoms. The van der Waals surface area contributed by atoms with Crippen molar-refractivity contribution in [3.8, 4) is 5.75 Å². The van der Waals surface area contributed by atoms with Crippen molar-refractivity contribution in [1.82, 2.24) is 20.5 Å². The number of hydrogen-bond acceptors (Lipinski definition) is 6. The summed E-state index contributed by atoms with van der Waals surface area (Å²) >= 11 is 0. The Bertz CT molecular complexity index is 1810. The fraction of sp³-hybridized carbons (Fsp3) is 0.314. The first-order valence-electron chi connectivity index (χ1n) is 15.7. The lowest BCUT2D eigenvalue weighted by Gasteiger charge is -2.29. The fourth-order valence-electron chi connectivity index (χ4n) is 6.15. The number of hydrogen-bond donors (Lipinski definition) is 6. The molecule has 0 saturated carbocycles. The largest absolute Gasteiger partial charge is 0.508 e. The standard InChI is InChI=1S/C35H36F3N5O6/c36-35(37,38)30-24(23-9-4-5-10-26(23)40-30)19-27(31(45)42-28(34(48)49)18-20-7-2-1-3-8-20)41-32(46)29-11-6-16-43(29)33(47)25(39)17-21-12-14-22(44)15-13-21/h1-5,7-10,12-15,25,27-29,40,44H,6,11,16-19,39H2,(H,41,46)(H,42,45)(H,48,49)/t25-,27-,28-,29-/m0/s1. The number of aromatic nitrogens is 1. The highest BCUT2D eigenvalue weighted by atomic mass is 19.4. The summed E-state index contributed by atoms with van der Waals surface area (Å²) in [5, 5.41) is 24.6. The number of carboxylic acids is 1. The number of rotatable bonds is 12. The normalized spacial score (nSPS) is 16.6. The summed E-state index contributed by atoms with van der Waals surface area (Å²) in [6, 6.07) is 15.4. The second kappa shape index (κ2) is 14.8. The summed E-state index contributed by atoms with van der Waals surface area (Å²) in [4.78, 5) is 56.8. The molecule has 4 aromatic rings. The number of aromatic hydroxyl groups is 1. The first kappa shape index (κ1) is 35.0. The molecule has 3 aromatic carbocycles. The minimum Gasteiger partial charge on any atom is -0.508 e. The van der Waals surface area contributed by atoms with Crippen molar-refractivity contribution in [3.05, 3.63) is 101 Å². The van der Waals surface area contributed by atoms with Gasteiger partial charge in [0, 0.05) is 30.3 Å². The predicted octanol–water partition coefficient (Wildman–Crippen LogP) is 3.29. The van der Waals surface area contributed by atoms with Crippen molar-refractivity contribution in [3.63, 3.8) is 0 Å². The number of nitrogens with one attached hydrogen (secondary N) is 3. The molecule has 1 fully saturated rings. The number of aromatic amines is 1. The third kappa shape index (κ3) is 8.38. The third-order valence-corrected chi connectivity index (χ3v) is 8.58. The highest BCUT2D eigenvalue weighted by Crippen LogP contribution is 2.36. The third-order valence-electron chi connectivity index (χ3n) is 8.58. The number of fused-ring (bicyclic) bond motifs is 1. The number of carbonyl (C=O) groups is 4. The number of carbonyl (C=O) groups excluding carboxylic acids is 3. The fourth-order valence-corrected chi connectivity index (χ4v) is 6.15. The van der Waals surface area contributed by atoms with E-state index in [2.05, 4.69) is 15.6 Å². The van der Waals surface area contributed by atoms with E-state index in [0.717, 1.165) is 0 Å². The van der Waals surface area contributed by atoms with Gasteiger partial charge in [0.15, 0.2) is 0 Å². The number of para-hydroxylation sites is 1. The van der Waals surface area contributed by atoms with Crippen LogP contribution in [0.2, 0.25) is 0 Å². The molecule has 1 aliphatic rings. The monoisotopic (exact) mass is 679 g/mol. The van der Waals surface area contributed by atoms with E-state index in [0.29, 0.717) is 17.5 Å². The van der Waals surface area contributed by atoms with Gasteiger partial charge in [0.2, 0.25) is 17.7 Å². The van der Waals surface area contributed by atoms with Crippen molar-refractivity contribution in [2.45, 2.75) is 62.4 Å². The Balaban J connectivity index is 1.41. The van der Waals surface area contributed by atoms with Crippen LogP contribution >= 0.6 is 0 Å². The molecule has 11 nitrogen and oxygen atoms in total. The first-order chi connectivity index (χ1) is 23.3. The molecule has 1 aromatic heterocycles. The van der Waals surface area contributed by atoms with Crippen LogP contribution in [0, 0.1) is 0 Å². The maximum atomic E-state index is 14.2. The second-order valence-corrected chi connectivity index (χ2v) is 12.0. The zero-order chi connectivity index (χ0) is 35.3. The van der Waals surface area contributed by atoms with Gasteiger partial charge in [0.1, 0.15) is 29.6 Å².